The Kier molecular flexibility index (Phi) is 4.96. The molecule has 3 aliphatic rings. The molecule has 0 bridgehead atoms. The zero-order valence-corrected chi connectivity index (χ0v) is 16.0. The molecular formula is C19H31N3OS. The van der Waals surface area contributed by atoms with Crippen LogP contribution in [0.4, 0.5) is 0 Å². The average molecular weight is 350 g/mol. The van der Waals surface area contributed by atoms with E-state index in [1.165, 1.54) is 56.7 Å². The summed E-state index contributed by atoms with van der Waals surface area (Å²) in [5.74, 6) is 0.878. The molecule has 134 valence electrons. The van der Waals surface area contributed by atoms with Crippen molar-refractivity contribution in [2.75, 3.05) is 39.9 Å². The molecule has 2 saturated heterocycles. The van der Waals surface area contributed by atoms with Crippen LogP contribution in [0.15, 0.2) is 5.38 Å². The second kappa shape index (κ2) is 7.02. The normalized spacial score (nSPS) is 28.0. The van der Waals surface area contributed by atoms with Gasteiger partial charge in [-0.1, -0.05) is 0 Å². The third-order valence-corrected chi connectivity index (χ3v) is 7.13. The molecule has 0 amide bonds. The van der Waals surface area contributed by atoms with Gasteiger partial charge >= 0.3 is 0 Å². The van der Waals surface area contributed by atoms with Crippen molar-refractivity contribution in [2.45, 2.75) is 51.6 Å². The van der Waals surface area contributed by atoms with Crippen LogP contribution in [0.3, 0.4) is 0 Å². The third-order valence-electron chi connectivity index (χ3n) is 6.18. The molecule has 1 aliphatic carbocycles. The predicted molar refractivity (Wildman–Crippen MR) is 98.4 cm³/mol. The Morgan fingerprint density at radius 3 is 2.75 bits per heavy atom. The number of likely N-dealkylation sites (N-methyl/N-ethyl adjacent to an activating group) is 1. The van der Waals surface area contributed by atoms with Crippen LogP contribution in [0.2, 0.25) is 0 Å². The zero-order chi connectivity index (χ0) is 16.6. The molecule has 0 unspecified atom stereocenters. The van der Waals surface area contributed by atoms with E-state index in [-0.39, 0.29) is 0 Å². The van der Waals surface area contributed by atoms with E-state index in [0.717, 1.165) is 31.4 Å². The van der Waals surface area contributed by atoms with Crippen molar-refractivity contribution in [2.24, 2.45) is 11.3 Å². The zero-order valence-electron chi connectivity index (χ0n) is 15.2. The summed E-state index contributed by atoms with van der Waals surface area (Å²) in [5.41, 5.74) is 1.70. The number of aromatic nitrogens is 1. The number of nitrogens with zero attached hydrogens (tertiary/aromatic N) is 3. The largest absolute Gasteiger partial charge is 0.380 e. The fraction of sp³-hybridized carbons (Fsp3) is 0.842. The standard InChI is InChI=1S/C19H31N3OS/c1-15-13-24-18(20-15)10-22-7-5-19(6-8-22)9-17(21(2)14-19)12-23-11-16-3-4-16/h13,16-17H,3-12,14H2,1-2H3/t17-/m1/s1. The SMILES string of the molecule is Cc1csc(CN2CCC3(CC2)C[C@H](COCC2CC2)N(C)C3)n1. The number of thiazole rings is 1. The Morgan fingerprint density at radius 1 is 1.29 bits per heavy atom. The molecule has 1 atom stereocenters. The lowest BCUT2D eigenvalue weighted by Gasteiger charge is -2.39. The van der Waals surface area contributed by atoms with E-state index in [9.17, 15) is 0 Å². The van der Waals surface area contributed by atoms with Gasteiger partial charge in [0.05, 0.1) is 13.2 Å². The first-order valence-electron chi connectivity index (χ1n) is 9.53. The molecule has 0 radical (unpaired) electrons. The summed E-state index contributed by atoms with van der Waals surface area (Å²) in [6, 6.07) is 0.636. The molecule has 3 heterocycles. The second-order valence-electron chi connectivity index (χ2n) is 8.41. The molecule has 0 N–H and O–H groups in total. The van der Waals surface area contributed by atoms with Crippen LogP contribution in [-0.2, 0) is 11.3 Å². The van der Waals surface area contributed by atoms with Gasteiger partial charge in [-0.05, 0) is 70.5 Å². The predicted octanol–water partition coefficient (Wildman–Crippen LogP) is 3.16. The molecule has 2 aliphatic heterocycles. The Morgan fingerprint density at radius 2 is 2.08 bits per heavy atom. The number of likely N-dealkylation sites (tertiary alicyclic amines) is 2. The Labute approximate surface area is 150 Å². The highest BCUT2D eigenvalue weighted by atomic mass is 32.1. The molecular weight excluding hydrogens is 318 g/mol. The van der Waals surface area contributed by atoms with Gasteiger partial charge in [0.2, 0.25) is 0 Å². The molecule has 24 heavy (non-hydrogen) atoms. The van der Waals surface area contributed by atoms with Gasteiger partial charge in [0.25, 0.3) is 0 Å². The fourth-order valence-electron chi connectivity index (χ4n) is 4.43. The Bertz CT molecular complexity index is 549. The van der Waals surface area contributed by atoms with Gasteiger partial charge in [0.1, 0.15) is 5.01 Å². The number of hydrogen-bond donors (Lipinski definition) is 0. The van der Waals surface area contributed by atoms with Gasteiger partial charge in [-0.15, -0.1) is 11.3 Å². The maximum absolute atomic E-state index is 5.99. The molecule has 1 aromatic rings. The Balaban J connectivity index is 1.25. The maximum Gasteiger partial charge on any atom is 0.107 e. The highest BCUT2D eigenvalue weighted by molar-refractivity contribution is 7.09. The lowest BCUT2D eigenvalue weighted by Crippen LogP contribution is -2.40. The average Bonchev–Trinajstić information content (AvgIpc) is 3.22. The van der Waals surface area contributed by atoms with Crippen molar-refractivity contribution < 1.29 is 4.74 Å². The fourth-order valence-corrected chi connectivity index (χ4v) is 5.25. The molecule has 1 saturated carbocycles. The van der Waals surface area contributed by atoms with Crippen molar-refractivity contribution in [1.82, 2.24) is 14.8 Å². The minimum absolute atomic E-state index is 0.539. The van der Waals surface area contributed by atoms with Crippen LogP contribution >= 0.6 is 11.3 Å². The second-order valence-corrected chi connectivity index (χ2v) is 9.36. The van der Waals surface area contributed by atoms with E-state index in [2.05, 4.69) is 34.1 Å². The minimum Gasteiger partial charge on any atom is -0.380 e. The summed E-state index contributed by atoms with van der Waals surface area (Å²) in [6.45, 7) is 8.78. The molecule has 4 rings (SSSR count). The van der Waals surface area contributed by atoms with Gasteiger partial charge in [0.15, 0.2) is 0 Å². The van der Waals surface area contributed by atoms with Crippen molar-refractivity contribution in [3.05, 3.63) is 16.1 Å². The first kappa shape index (κ1) is 17.0. The Hall–Kier alpha value is -0.490. The molecule has 5 heteroatoms. The first-order valence-corrected chi connectivity index (χ1v) is 10.4. The summed E-state index contributed by atoms with van der Waals surface area (Å²) >= 11 is 1.81. The number of hydrogen-bond acceptors (Lipinski definition) is 5. The van der Waals surface area contributed by atoms with Gasteiger partial charge in [-0.2, -0.15) is 0 Å². The highest BCUT2D eigenvalue weighted by Crippen LogP contribution is 2.43. The molecule has 0 aromatic carbocycles. The van der Waals surface area contributed by atoms with Crippen molar-refractivity contribution in [3.63, 3.8) is 0 Å². The van der Waals surface area contributed by atoms with Gasteiger partial charge in [0, 0.05) is 30.3 Å². The monoisotopic (exact) mass is 349 g/mol. The summed E-state index contributed by atoms with van der Waals surface area (Å²) < 4.78 is 5.99. The number of piperidine rings is 1. The van der Waals surface area contributed by atoms with Gasteiger partial charge < -0.3 is 9.64 Å². The quantitative estimate of drug-likeness (QED) is 0.789. The van der Waals surface area contributed by atoms with Crippen LogP contribution < -0.4 is 0 Å². The van der Waals surface area contributed by atoms with Crippen molar-refractivity contribution in [3.8, 4) is 0 Å². The minimum atomic E-state index is 0.539. The number of aryl methyl sites for hydroxylation is 1. The van der Waals surface area contributed by atoms with Gasteiger partial charge in [-0.3, -0.25) is 4.90 Å². The van der Waals surface area contributed by atoms with E-state index in [4.69, 9.17) is 4.74 Å². The number of rotatable bonds is 6. The molecule has 1 aromatic heterocycles. The van der Waals surface area contributed by atoms with E-state index >= 15 is 0 Å². The molecule has 3 fully saturated rings. The van der Waals surface area contributed by atoms with Crippen molar-refractivity contribution >= 4 is 11.3 Å². The van der Waals surface area contributed by atoms with E-state index in [1.54, 1.807) is 11.3 Å². The lowest BCUT2D eigenvalue weighted by molar-refractivity contribution is 0.0776. The lowest BCUT2D eigenvalue weighted by atomic mass is 9.76. The topological polar surface area (TPSA) is 28.6 Å². The molecule has 1 spiro atoms. The van der Waals surface area contributed by atoms with Crippen LogP contribution in [0, 0.1) is 18.3 Å². The van der Waals surface area contributed by atoms with Crippen LogP contribution in [0.1, 0.15) is 42.8 Å². The number of ether oxygens (including phenoxy) is 1. The smallest absolute Gasteiger partial charge is 0.107 e. The summed E-state index contributed by atoms with van der Waals surface area (Å²) in [6.07, 6.45) is 6.78. The first-order chi connectivity index (χ1) is 11.6. The summed E-state index contributed by atoms with van der Waals surface area (Å²) in [4.78, 5) is 9.78. The highest BCUT2D eigenvalue weighted by Gasteiger charge is 2.44. The van der Waals surface area contributed by atoms with Crippen LogP contribution in [0.5, 0.6) is 0 Å². The molecule has 4 nitrogen and oxygen atoms in total. The van der Waals surface area contributed by atoms with Crippen LogP contribution in [-0.4, -0.2) is 60.7 Å². The summed E-state index contributed by atoms with van der Waals surface area (Å²) in [5, 5.41) is 3.44. The van der Waals surface area contributed by atoms with Crippen LogP contribution in [0.25, 0.3) is 0 Å². The summed E-state index contributed by atoms with van der Waals surface area (Å²) in [7, 11) is 2.30. The third kappa shape index (κ3) is 4.01. The van der Waals surface area contributed by atoms with E-state index in [0.29, 0.717) is 11.5 Å². The maximum atomic E-state index is 5.99. The van der Waals surface area contributed by atoms with E-state index in [1.807, 2.05) is 0 Å². The van der Waals surface area contributed by atoms with Crippen molar-refractivity contribution in [1.29, 1.82) is 0 Å². The van der Waals surface area contributed by atoms with Gasteiger partial charge in [-0.25, -0.2) is 4.98 Å². The van der Waals surface area contributed by atoms with E-state index < -0.39 is 0 Å².